The van der Waals surface area contributed by atoms with Crippen LogP contribution in [0.25, 0.3) is 0 Å². The third-order valence-corrected chi connectivity index (χ3v) is 3.01. The largest absolute Gasteiger partial charge is 0.314 e. The highest BCUT2D eigenvalue weighted by Crippen LogP contribution is 1.89. The highest BCUT2D eigenvalue weighted by atomic mass is 15.2. The second-order valence-electron chi connectivity index (χ2n) is 4.37. The van der Waals surface area contributed by atoms with Crippen molar-refractivity contribution >= 4 is 0 Å². The third kappa shape index (κ3) is 6.53. The number of nitrogens with zero attached hydrogens (tertiary/aromatic N) is 4. The second-order valence-corrected chi connectivity index (χ2v) is 4.37. The highest BCUT2D eigenvalue weighted by molar-refractivity contribution is 4.79. The van der Waals surface area contributed by atoms with E-state index in [1.165, 1.54) is 0 Å². The summed E-state index contributed by atoms with van der Waals surface area (Å²) in [5.41, 5.74) is 0. The van der Waals surface area contributed by atoms with Crippen LogP contribution in [0.5, 0.6) is 0 Å². The smallest absolute Gasteiger partial charge is 0.0866 e. The first-order valence-electron chi connectivity index (χ1n) is 6.47. The first-order chi connectivity index (χ1) is 8.86. The van der Waals surface area contributed by atoms with Crippen molar-refractivity contribution in [3.8, 4) is 12.1 Å². The van der Waals surface area contributed by atoms with E-state index in [1.54, 1.807) is 0 Å². The van der Waals surface area contributed by atoms with Crippen molar-refractivity contribution < 1.29 is 0 Å². The Kier molecular flexibility index (Phi) is 8.11. The van der Waals surface area contributed by atoms with E-state index in [-0.39, 0.29) is 0 Å². The molecule has 0 aromatic carbocycles. The predicted molar refractivity (Wildman–Crippen MR) is 69.8 cm³/mol. The van der Waals surface area contributed by atoms with Gasteiger partial charge >= 0.3 is 0 Å². The summed E-state index contributed by atoms with van der Waals surface area (Å²) in [6.07, 6.45) is 0. The maximum absolute atomic E-state index is 8.73. The third-order valence-electron chi connectivity index (χ3n) is 3.01. The molecule has 0 aromatic rings. The van der Waals surface area contributed by atoms with Crippen LogP contribution in [0.3, 0.4) is 0 Å². The van der Waals surface area contributed by atoms with Gasteiger partial charge < -0.3 is 10.6 Å². The van der Waals surface area contributed by atoms with Gasteiger partial charge in [0.2, 0.25) is 0 Å². The van der Waals surface area contributed by atoms with Crippen LogP contribution in [-0.2, 0) is 0 Å². The summed E-state index contributed by atoms with van der Waals surface area (Å²) in [4.78, 5) is 4.29. The van der Waals surface area contributed by atoms with Crippen LogP contribution in [0.15, 0.2) is 0 Å². The first-order valence-corrected chi connectivity index (χ1v) is 6.47. The van der Waals surface area contributed by atoms with Crippen molar-refractivity contribution in [1.29, 1.82) is 10.5 Å². The van der Waals surface area contributed by atoms with Gasteiger partial charge in [0.1, 0.15) is 0 Å². The Hall–Kier alpha value is -1.18. The van der Waals surface area contributed by atoms with Crippen LogP contribution in [0, 0.1) is 22.7 Å². The fourth-order valence-electron chi connectivity index (χ4n) is 1.94. The maximum atomic E-state index is 8.73. The molecule has 0 amide bonds. The maximum Gasteiger partial charge on any atom is 0.0866 e. The molecule has 0 radical (unpaired) electrons. The molecule has 6 nitrogen and oxygen atoms in total. The summed E-state index contributed by atoms with van der Waals surface area (Å²) in [6.45, 7) is 8.13. The minimum absolute atomic E-state index is 0.490. The molecule has 1 aliphatic heterocycles. The Morgan fingerprint density at radius 1 is 0.722 bits per heavy atom. The van der Waals surface area contributed by atoms with Gasteiger partial charge in [-0.2, -0.15) is 10.5 Å². The fourth-order valence-corrected chi connectivity index (χ4v) is 1.94. The molecule has 1 aliphatic rings. The molecule has 0 unspecified atom stereocenters. The van der Waals surface area contributed by atoms with E-state index in [9.17, 15) is 0 Å². The number of nitriles is 2. The van der Waals surface area contributed by atoms with E-state index < -0.39 is 0 Å². The minimum atomic E-state index is 0.490. The van der Waals surface area contributed by atoms with Crippen LogP contribution in [-0.4, -0.2) is 75.2 Å². The SMILES string of the molecule is N#CCN1CCNCCN(CC#N)CCNCC1. The molecule has 1 heterocycles. The zero-order valence-corrected chi connectivity index (χ0v) is 10.9. The highest BCUT2D eigenvalue weighted by Gasteiger charge is 2.07. The fraction of sp³-hybridized carbons (Fsp3) is 0.833. The van der Waals surface area contributed by atoms with Crippen LogP contribution >= 0.6 is 0 Å². The molecule has 1 saturated heterocycles. The van der Waals surface area contributed by atoms with Crippen molar-refractivity contribution in [2.24, 2.45) is 0 Å². The van der Waals surface area contributed by atoms with Gasteiger partial charge in [0.05, 0.1) is 25.2 Å². The second kappa shape index (κ2) is 9.81. The van der Waals surface area contributed by atoms with Crippen molar-refractivity contribution in [2.45, 2.75) is 0 Å². The van der Waals surface area contributed by atoms with E-state index in [1.807, 2.05) is 0 Å². The lowest BCUT2D eigenvalue weighted by atomic mass is 10.4. The quantitative estimate of drug-likeness (QED) is 0.601. The average molecular weight is 250 g/mol. The van der Waals surface area contributed by atoms with E-state index in [2.05, 4.69) is 32.6 Å². The van der Waals surface area contributed by atoms with Crippen LogP contribution in [0.4, 0.5) is 0 Å². The Balaban J connectivity index is 2.33. The molecule has 1 fully saturated rings. The van der Waals surface area contributed by atoms with E-state index in [4.69, 9.17) is 10.5 Å². The number of hydrogen-bond donors (Lipinski definition) is 2. The summed E-state index contributed by atoms with van der Waals surface area (Å²) in [6, 6.07) is 4.40. The zero-order valence-electron chi connectivity index (χ0n) is 10.9. The molecule has 0 spiro atoms. The van der Waals surface area contributed by atoms with E-state index in [0.29, 0.717) is 13.1 Å². The Labute approximate surface area is 109 Å². The van der Waals surface area contributed by atoms with Gasteiger partial charge in [-0.15, -0.1) is 0 Å². The van der Waals surface area contributed by atoms with Gasteiger partial charge in [0, 0.05) is 52.4 Å². The van der Waals surface area contributed by atoms with Gasteiger partial charge in [-0.1, -0.05) is 0 Å². The van der Waals surface area contributed by atoms with Gasteiger partial charge in [0.15, 0.2) is 0 Å². The molecule has 100 valence electrons. The van der Waals surface area contributed by atoms with Gasteiger partial charge in [-0.05, 0) is 0 Å². The van der Waals surface area contributed by atoms with Crippen molar-refractivity contribution in [3.63, 3.8) is 0 Å². The molecule has 0 bridgehead atoms. The van der Waals surface area contributed by atoms with Crippen LogP contribution in [0.1, 0.15) is 0 Å². The molecule has 6 heteroatoms. The first kappa shape index (κ1) is 14.9. The van der Waals surface area contributed by atoms with Crippen molar-refractivity contribution in [3.05, 3.63) is 0 Å². The average Bonchev–Trinajstić information content (AvgIpc) is 2.35. The number of hydrogen-bond acceptors (Lipinski definition) is 6. The summed E-state index contributed by atoms with van der Waals surface area (Å²) in [7, 11) is 0. The number of rotatable bonds is 2. The molecule has 1 rings (SSSR count). The molecule has 18 heavy (non-hydrogen) atoms. The standard InChI is InChI=1S/C12H22N6/c13-1-7-17-9-3-15-5-11-18(8-2-14)12-6-16-4-10-17/h15-16H,3-12H2. The van der Waals surface area contributed by atoms with Crippen LogP contribution < -0.4 is 10.6 Å². The Morgan fingerprint density at radius 3 is 1.33 bits per heavy atom. The van der Waals surface area contributed by atoms with Crippen molar-refractivity contribution in [2.75, 3.05) is 65.4 Å². The normalized spacial score (nSPS) is 21.2. The lowest BCUT2D eigenvalue weighted by Crippen LogP contribution is -2.43. The summed E-state index contributed by atoms with van der Waals surface area (Å²) in [5.74, 6) is 0. The topological polar surface area (TPSA) is 78.1 Å². The molecular weight excluding hydrogens is 228 g/mol. The van der Waals surface area contributed by atoms with Crippen LogP contribution in [0.2, 0.25) is 0 Å². The monoisotopic (exact) mass is 250 g/mol. The van der Waals surface area contributed by atoms with Gasteiger partial charge in [-0.25, -0.2) is 0 Å². The summed E-state index contributed by atoms with van der Waals surface area (Å²) < 4.78 is 0. The van der Waals surface area contributed by atoms with Crippen molar-refractivity contribution in [1.82, 2.24) is 20.4 Å². The Morgan fingerprint density at radius 2 is 1.06 bits per heavy atom. The van der Waals surface area contributed by atoms with Gasteiger partial charge in [-0.3, -0.25) is 9.80 Å². The molecular formula is C12H22N6. The minimum Gasteiger partial charge on any atom is -0.314 e. The summed E-state index contributed by atoms with van der Waals surface area (Å²) >= 11 is 0. The zero-order chi connectivity index (χ0) is 13.1. The molecule has 0 atom stereocenters. The predicted octanol–water partition coefficient (Wildman–Crippen LogP) is -1.17. The van der Waals surface area contributed by atoms with E-state index in [0.717, 1.165) is 52.4 Å². The molecule has 0 aliphatic carbocycles. The lowest BCUT2D eigenvalue weighted by molar-refractivity contribution is 0.267. The summed E-state index contributed by atoms with van der Waals surface area (Å²) in [5, 5.41) is 24.2. The lowest BCUT2D eigenvalue weighted by Gasteiger charge is -2.24. The molecule has 2 N–H and O–H groups in total. The Bertz CT molecular complexity index is 250. The van der Waals surface area contributed by atoms with E-state index >= 15 is 0 Å². The number of nitrogens with one attached hydrogen (secondary N) is 2. The molecule has 0 saturated carbocycles. The molecule has 0 aromatic heterocycles. The van der Waals surface area contributed by atoms with Gasteiger partial charge in [0.25, 0.3) is 0 Å².